The van der Waals surface area contributed by atoms with Gasteiger partial charge in [0.25, 0.3) is 0 Å². The second kappa shape index (κ2) is 5.77. The number of hydrogen-bond donors (Lipinski definition) is 2. The highest BCUT2D eigenvalue weighted by Crippen LogP contribution is 2.16. The number of carboxylic acids is 1. The van der Waals surface area contributed by atoms with E-state index in [1.54, 1.807) is 12.1 Å². The Morgan fingerprint density at radius 1 is 1.35 bits per heavy atom. The van der Waals surface area contributed by atoms with Gasteiger partial charge in [-0.2, -0.15) is 0 Å². The Bertz CT molecular complexity index is 393. The van der Waals surface area contributed by atoms with Crippen LogP contribution in [0.5, 0.6) is 0 Å². The molecule has 1 unspecified atom stereocenters. The molecule has 0 fully saturated rings. The summed E-state index contributed by atoms with van der Waals surface area (Å²) in [7, 11) is 0. The van der Waals surface area contributed by atoms with Crippen molar-refractivity contribution in [3.05, 3.63) is 35.6 Å². The van der Waals surface area contributed by atoms with Crippen molar-refractivity contribution in [2.24, 2.45) is 5.92 Å². The zero-order valence-corrected chi connectivity index (χ0v) is 10.3. The van der Waals surface area contributed by atoms with Crippen LogP contribution in [0.15, 0.2) is 24.3 Å². The van der Waals surface area contributed by atoms with Gasteiger partial charge in [0.05, 0.1) is 0 Å². The van der Waals surface area contributed by atoms with Crippen LogP contribution in [-0.4, -0.2) is 17.1 Å². The zero-order valence-electron chi connectivity index (χ0n) is 10.3. The van der Waals surface area contributed by atoms with Crippen LogP contribution in [-0.2, 0) is 4.79 Å². The summed E-state index contributed by atoms with van der Waals surface area (Å²) >= 11 is 0. The van der Waals surface area contributed by atoms with Gasteiger partial charge in [-0.05, 0) is 30.5 Å². The molecule has 1 aromatic carbocycles. The number of aliphatic carboxylic acids is 1. The van der Waals surface area contributed by atoms with Crippen molar-refractivity contribution in [3.8, 4) is 0 Å². The fraction of sp³-hybridized carbons (Fsp3) is 0.462. The highest BCUT2D eigenvalue weighted by Gasteiger charge is 2.23. The molecule has 1 aromatic rings. The molecule has 0 aliphatic heterocycles. The van der Waals surface area contributed by atoms with E-state index in [4.69, 9.17) is 5.11 Å². The molecule has 0 amide bonds. The van der Waals surface area contributed by atoms with Gasteiger partial charge in [0.1, 0.15) is 11.9 Å². The van der Waals surface area contributed by atoms with Gasteiger partial charge in [-0.25, -0.2) is 4.39 Å². The summed E-state index contributed by atoms with van der Waals surface area (Å²) < 4.78 is 13.0. The number of carbonyl (C=O) groups is 1. The van der Waals surface area contributed by atoms with Gasteiger partial charge in [0, 0.05) is 6.04 Å². The van der Waals surface area contributed by atoms with Crippen LogP contribution in [0.4, 0.5) is 4.39 Å². The third kappa shape index (κ3) is 3.82. The highest BCUT2D eigenvalue weighted by molar-refractivity contribution is 5.73. The second-order valence-corrected chi connectivity index (χ2v) is 4.50. The molecule has 2 N–H and O–H groups in total. The van der Waals surface area contributed by atoms with Crippen molar-refractivity contribution >= 4 is 5.97 Å². The summed E-state index contributed by atoms with van der Waals surface area (Å²) in [4.78, 5) is 11.0. The molecule has 0 aliphatic carbocycles. The first-order valence-corrected chi connectivity index (χ1v) is 5.66. The first-order valence-electron chi connectivity index (χ1n) is 5.66. The number of rotatable bonds is 5. The molecule has 2 atom stereocenters. The van der Waals surface area contributed by atoms with Gasteiger partial charge in [-0.3, -0.25) is 10.1 Å². The minimum Gasteiger partial charge on any atom is -0.480 e. The number of carboxylic acid groups (broad SMARTS) is 1. The third-order valence-corrected chi connectivity index (χ3v) is 2.71. The van der Waals surface area contributed by atoms with E-state index < -0.39 is 12.0 Å². The standard InChI is InChI=1S/C13H18FNO2/c1-8(2)12(13(16)17)15-9(3)10-5-4-6-11(14)7-10/h4-9,12,15H,1-3H3,(H,16,17)/t9-,12?/m1/s1. The molecule has 0 saturated heterocycles. The average Bonchev–Trinajstić information content (AvgIpc) is 2.24. The lowest BCUT2D eigenvalue weighted by Gasteiger charge is -2.23. The summed E-state index contributed by atoms with van der Waals surface area (Å²) in [5, 5.41) is 12.1. The van der Waals surface area contributed by atoms with Gasteiger partial charge in [0.2, 0.25) is 0 Å². The maximum absolute atomic E-state index is 13.0. The van der Waals surface area contributed by atoms with E-state index in [9.17, 15) is 9.18 Å². The average molecular weight is 239 g/mol. The lowest BCUT2D eigenvalue weighted by Crippen LogP contribution is -2.42. The molecule has 0 bridgehead atoms. The minimum absolute atomic E-state index is 0.0245. The Morgan fingerprint density at radius 2 is 2.00 bits per heavy atom. The molecule has 17 heavy (non-hydrogen) atoms. The number of halogens is 1. The Morgan fingerprint density at radius 3 is 2.47 bits per heavy atom. The molecular weight excluding hydrogens is 221 g/mol. The van der Waals surface area contributed by atoms with Crippen LogP contribution in [0.2, 0.25) is 0 Å². The summed E-state index contributed by atoms with van der Waals surface area (Å²) in [6.07, 6.45) is 0. The first-order chi connectivity index (χ1) is 7.91. The van der Waals surface area contributed by atoms with Gasteiger partial charge < -0.3 is 5.11 Å². The van der Waals surface area contributed by atoms with E-state index in [1.165, 1.54) is 12.1 Å². The van der Waals surface area contributed by atoms with E-state index in [-0.39, 0.29) is 17.8 Å². The van der Waals surface area contributed by atoms with Gasteiger partial charge in [0.15, 0.2) is 0 Å². The van der Waals surface area contributed by atoms with Crippen molar-refractivity contribution in [1.82, 2.24) is 5.32 Å². The van der Waals surface area contributed by atoms with Crippen molar-refractivity contribution < 1.29 is 14.3 Å². The third-order valence-electron chi connectivity index (χ3n) is 2.71. The van der Waals surface area contributed by atoms with E-state index >= 15 is 0 Å². The van der Waals surface area contributed by atoms with E-state index in [0.717, 1.165) is 5.56 Å². The highest BCUT2D eigenvalue weighted by atomic mass is 19.1. The SMILES string of the molecule is CC(C)C(N[C@H](C)c1cccc(F)c1)C(=O)O. The van der Waals surface area contributed by atoms with Gasteiger partial charge in [-0.1, -0.05) is 26.0 Å². The number of benzene rings is 1. The Hall–Kier alpha value is -1.42. The van der Waals surface area contributed by atoms with Crippen molar-refractivity contribution in [3.63, 3.8) is 0 Å². The molecule has 4 heteroatoms. The molecule has 0 radical (unpaired) electrons. The molecule has 94 valence electrons. The topological polar surface area (TPSA) is 49.3 Å². The predicted molar refractivity (Wildman–Crippen MR) is 64.2 cm³/mol. The number of hydrogen-bond acceptors (Lipinski definition) is 2. The first kappa shape index (κ1) is 13.6. The maximum Gasteiger partial charge on any atom is 0.320 e. The molecule has 3 nitrogen and oxygen atoms in total. The lowest BCUT2D eigenvalue weighted by molar-refractivity contribution is -0.140. The van der Waals surface area contributed by atoms with E-state index in [2.05, 4.69) is 5.32 Å². The molecule has 0 aromatic heterocycles. The van der Waals surface area contributed by atoms with Crippen LogP contribution in [0, 0.1) is 11.7 Å². The fourth-order valence-electron chi connectivity index (χ4n) is 1.69. The summed E-state index contributed by atoms with van der Waals surface area (Å²) in [5.74, 6) is -1.22. The molecule has 0 heterocycles. The maximum atomic E-state index is 13.0. The Labute approximate surface area is 101 Å². The molecule has 1 rings (SSSR count). The molecule has 0 saturated carbocycles. The summed E-state index contributed by atoms with van der Waals surface area (Å²) in [5.41, 5.74) is 0.747. The van der Waals surface area contributed by atoms with Crippen LogP contribution < -0.4 is 5.32 Å². The van der Waals surface area contributed by atoms with E-state index in [1.807, 2.05) is 20.8 Å². The predicted octanol–water partition coefficient (Wildman–Crippen LogP) is 2.59. The van der Waals surface area contributed by atoms with Crippen molar-refractivity contribution in [1.29, 1.82) is 0 Å². The van der Waals surface area contributed by atoms with Gasteiger partial charge >= 0.3 is 5.97 Å². The molecule has 0 spiro atoms. The smallest absolute Gasteiger partial charge is 0.320 e. The van der Waals surface area contributed by atoms with Crippen LogP contribution in [0.25, 0.3) is 0 Å². The van der Waals surface area contributed by atoms with E-state index in [0.29, 0.717) is 0 Å². The monoisotopic (exact) mass is 239 g/mol. The molecule has 0 aliphatic rings. The van der Waals surface area contributed by atoms with Crippen LogP contribution in [0.3, 0.4) is 0 Å². The van der Waals surface area contributed by atoms with Crippen LogP contribution >= 0.6 is 0 Å². The lowest BCUT2D eigenvalue weighted by atomic mass is 10.0. The van der Waals surface area contributed by atoms with Crippen molar-refractivity contribution in [2.45, 2.75) is 32.9 Å². The fourth-order valence-corrected chi connectivity index (χ4v) is 1.69. The quantitative estimate of drug-likeness (QED) is 0.830. The Balaban J connectivity index is 2.77. The summed E-state index contributed by atoms with van der Waals surface area (Å²) in [6.45, 7) is 5.50. The molecular formula is C13H18FNO2. The second-order valence-electron chi connectivity index (χ2n) is 4.50. The largest absolute Gasteiger partial charge is 0.480 e. The van der Waals surface area contributed by atoms with Crippen LogP contribution in [0.1, 0.15) is 32.4 Å². The Kier molecular flexibility index (Phi) is 4.63. The summed E-state index contributed by atoms with van der Waals surface area (Å²) in [6, 6.07) is 5.35. The van der Waals surface area contributed by atoms with Gasteiger partial charge in [-0.15, -0.1) is 0 Å². The number of nitrogens with one attached hydrogen (secondary N) is 1. The zero-order chi connectivity index (χ0) is 13.0. The van der Waals surface area contributed by atoms with Crippen molar-refractivity contribution in [2.75, 3.05) is 0 Å². The normalized spacial score (nSPS) is 14.6. The minimum atomic E-state index is -0.886.